The van der Waals surface area contributed by atoms with Crippen molar-refractivity contribution in [1.29, 1.82) is 0 Å². The maximum atomic E-state index is 12.4. The first-order valence-corrected chi connectivity index (χ1v) is 9.20. The summed E-state index contributed by atoms with van der Waals surface area (Å²) in [6.07, 6.45) is 3.36. The molecule has 2 aromatic heterocycles. The zero-order valence-electron chi connectivity index (χ0n) is 13.9. The van der Waals surface area contributed by atoms with E-state index in [9.17, 15) is 9.59 Å². The highest BCUT2D eigenvalue weighted by Gasteiger charge is 2.25. The van der Waals surface area contributed by atoms with Crippen LogP contribution in [0.3, 0.4) is 0 Å². The monoisotopic (exact) mass is 381 g/mol. The molecule has 2 N–H and O–H groups in total. The van der Waals surface area contributed by atoms with Gasteiger partial charge in [0.25, 0.3) is 5.56 Å². The Kier molecular flexibility index (Phi) is 5.41. The molecule has 0 radical (unpaired) electrons. The van der Waals surface area contributed by atoms with Crippen molar-refractivity contribution in [2.45, 2.75) is 13.0 Å². The van der Waals surface area contributed by atoms with Crippen molar-refractivity contribution in [1.82, 2.24) is 19.4 Å². The lowest BCUT2D eigenvalue weighted by atomic mass is 10.2. The molecule has 9 heteroatoms. The van der Waals surface area contributed by atoms with Crippen molar-refractivity contribution in [3.05, 3.63) is 44.8 Å². The number of nitrogen functional groups attached to an aromatic ring is 1. The van der Waals surface area contributed by atoms with E-state index >= 15 is 0 Å². The summed E-state index contributed by atoms with van der Waals surface area (Å²) in [5, 5.41) is 0.972. The highest BCUT2D eigenvalue weighted by Crippen LogP contribution is 2.26. The zero-order valence-corrected chi connectivity index (χ0v) is 15.5. The molecule has 3 rings (SSSR count). The standard InChI is InChI=1S/C16H20ClN5O2S/c1-11(23)21-6-4-20(5-7-21)10-13(14-8-19-16(18)25-14)22-9-12(17)2-3-15(22)24/h2-3,8-9,13H,4-7,10H2,1H3,(H2,18,19). The number of nitrogens with zero attached hydrogens (tertiary/aromatic N) is 4. The molecule has 134 valence electrons. The molecule has 0 aromatic carbocycles. The molecule has 7 nitrogen and oxygen atoms in total. The summed E-state index contributed by atoms with van der Waals surface area (Å²) in [7, 11) is 0. The first kappa shape index (κ1) is 17.9. The van der Waals surface area contributed by atoms with Gasteiger partial charge < -0.3 is 15.2 Å². The quantitative estimate of drug-likeness (QED) is 0.862. The highest BCUT2D eigenvalue weighted by molar-refractivity contribution is 7.15. The number of piperazine rings is 1. The Labute approximate surface area is 154 Å². The van der Waals surface area contributed by atoms with Gasteiger partial charge in [-0.15, -0.1) is 11.3 Å². The molecular formula is C16H20ClN5O2S. The van der Waals surface area contributed by atoms with E-state index in [0.717, 1.165) is 18.0 Å². The van der Waals surface area contributed by atoms with Gasteiger partial charge in [-0.1, -0.05) is 11.6 Å². The second-order valence-corrected chi connectivity index (χ2v) is 7.55. The predicted octanol–water partition coefficient (Wildman–Crippen LogP) is 1.29. The third kappa shape index (κ3) is 4.20. The molecule has 1 amide bonds. The van der Waals surface area contributed by atoms with Crippen molar-refractivity contribution < 1.29 is 4.79 Å². The molecule has 1 aliphatic rings. The number of hydrogen-bond donors (Lipinski definition) is 1. The number of carbonyl (C=O) groups is 1. The Hall–Kier alpha value is -1.90. The largest absolute Gasteiger partial charge is 0.375 e. The topological polar surface area (TPSA) is 84.5 Å². The van der Waals surface area contributed by atoms with Crippen LogP contribution in [0.1, 0.15) is 17.8 Å². The number of rotatable bonds is 4. The number of anilines is 1. The van der Waals surface area contributed by atoms with Crippen LogP contribution in [0.15, 0.2) is 29.3 Å². The van der Waals surface area contributed by atoms with E-state index in [2.05, 4.69) is 9.88 Å². The Morgan fingerprint density at radius 3 is 2.68 bits per heavy atom. The number of hydrogen-bond acceptors (Lipinski definition) is 6. The number of thiazole rings is 1. The summed E-state index contributed by atoms with van der Waals surface area (Å²) in [5.74, 6) is 0.0949. The fourth-order valence-corrected chi connectivity index (χ4v) is 3.92. The van der Waals surface area contributed by atoms with Gasteiger partial charge >= 0.3 is 0 Å². The second-order valence-electron chi connectivity index (χ2n) is 6.02. The van der Waals surface area contributed by atoms with Crippen molar-refractivity contribution in [2.24, 2.45) is 0 Å². The molecule has 2 aromatic rings. The minimum atomic E-state index is -0.218. The highest BCUT2D eigenvalue weighted by atomic mass is 35.5. The molecule has 0 saturated carbocycles. The van der Waals surface area contributed by atoms with Crippen LogP contribution in [0.25, 0.3) is 0 Å². The summed E-state index contributed by atoms with van der Waals surface area (Å²) in [6.45, 7) is 5.13. The van der Waals surface area contributed by atoms with E-state index in [1.165, 1.54) is 17.4 Å². The summed E-state index contributed by atoms with van der Waals surface area (Å²) in [6, 6.07) is 2.84. The first-order valence-electron chi connectivity index (χ1n) is 8.01. The van der Waals surface area contributed by atoms with Crippen LogP contribution >= 0.6 is 22.9 Å². The van der Waals surface area contributed by atoms with Gasteiger partial charge in [-0.3, -0.25) is 14.5 Å². The van der Waals surface area contributed by atoms with Gasteiger partial charge in [-0.05, 0) is 6.07 Å². The smallest absolute Gasteiger partial charge is 0.251 e. The number of pyridine rings is 1. The minimum Gasteiger partial charge on any atom is -0.375 e. The van der Waals surface area contributed by atoms with Crippen LogP contribution < -0.4 is 11.3 Å². The van der Waals surface area contributed by atoms with Gasteiger partial charge in [0, 0.05) is 58.1 Å². The van der Waals surface area contributed by atoms with E-state index in [4.69, 9.17) is 17.3 Å². The first-order chi connectivity index (χ1) is 11.9. The molecule has 0 aliphatic carbocycles. The molecule has 0 spiro atoms. The Morgan fingerprint density at radius 1 is 1.36 bits per heavy atom. The third-order valence-corrected chi connectivity index (χ3v) is 5.51. The summed E-state index contributed by atoms with van der Waals surface area (Å²) < 4.78 is 1.63. The predicted molar refractivity (Wildman–Crippen MR) is 99.1 cm³/mol. The molecular weight excluding hydrogens is 362 g/mol. The molecule has 1 atom stereocenters. The fourth-order valence-electron chi connectivity index (χ4n) is 2.98. The van der Waals surface area contributed by atoms with Gasteiger partial charge in [0.2, 0.25) is 5.91 Å². The van der Waals surface area contributed by atoms with E-state index in [-0.39, 0.29) is 17.5 Å². The lowest BCUT2D eigenvalue weighted by molar-refractivity contribution is -0.130. The summed E-state index contributed by atoms with van der Waals surface area (Å²) in [4.78, 5) is 33.0. The maximum absolute atomic E-state index is 12.4. The molecule has 1 saturated heterocycles. The Morgan fingerprint density at radius 2 is 2.08 bits per heavy atom. The Balaban J connectivity index is 1.84. The number of nitrogens with two attached hydrogens (primary N) is 1. The SMILES string of the molecule is CC(=O)N1CCN(CC(c2cnc(N)s2)n2cc(Cl)ccc2=O)CC1. The minimum absolute atomic E-state index is 0.0949. The molecule has 0 bridgehead atoms. The average molecular weight is 382 g/mol. The number of carbonyl (C=O) groups excluding carboxylic acids is 1. The van der Waals surface area contributed by atoms with Gasteiger partial charge in [-0.25, -0.2) is 4.98 Å². The second kappa shape index (κ2) is 7.55. The third-order valence-electron chi connectivity index (χ3n) is 4.36. The molecule has 1 unspecified atom stereocenters. The molecule has 1 aliphatic heterocycles. The molecule has 1 fully saturated rings. The van der Waals surface area contributed by atoms with Gasteiger partial charge in [0.15, 0.2) is 5.13 Å². The van der Waals surface area contributed by atoms with Crippen LogP contribution in [0, 0.1) is 0 Å². The summed E-state index contributed by atoms with van der Waals surface area (Å²) in [5.41, 5.74) is 5.66. The van der Waals surface area contributed by atoms with Gasteiger partial charge in [0.05, 0.1) is 15.9 Å². The number of halogens is 1. The van der Waals surface area contributed by atoms with Crippen LogP contribution in [0.4, 0.5) is 5.13 Å². The van der Waals surface area contributed by atoms with E-state index in [1.807, 2.05) is 4.90 Å². The van der Waals surface area contributed by atoms with E-state index in [1.54, 1.807) is 30.0 Å². The fraction of sp³-hybridized carbons (Fsp3) is 0.438. The van der Waals surface area contributed by atoms with Crippen LogP contribution in [0.5, 0.6) is 0 Å². The normalized spacial score (nSPS) is 16.8. The van der Waals surface area contributed by atoms with Crippen molar-refractivity contribution >= 4 is 34.0 Å². The average Bonchev–Trinajstić information content (AvgIpc) is 3.01. The molecule has 3 heterocycles. The summed E-state index contributed by atoms with van der Waals surface area (Å²) >= 11 is 7.47. The number of aromatic nitrogens is 2. The van der Waals surface area contributed by atoms with Crippen molar-refractivity contribution in [3.8, 4) is 0 Å². The lowest BCUT2D eigenvalue weighted by Crippen LogP contribution is -2.49. The van der Waals surface area contributed by atoms with Crippen molar-refractivity contribution in [3.63, 3.8) is 0 Å². The zero-order chi connectivity index (χ0) is 18.0. The van der Waals surface area contributed by atoms with Gasteiger partial charge in [-0.2, -0.15) is 0 Å². The van der Waals surface area contributed by atoms with Crippen LogP contribution in [-0.2, 0) is 4.79 Å². The van der Waals surface area contributed by atoms with Crippen LogP contribution in [-0.4, -0.2) is 58.0 Å². The van der Waals surface area contributed by atoms with Crippen molar-refractivity contribution in [2.75, 3.05) is 38.5 Å². The van der Waals surface area contributed by atoms with E-state index in [0.29, 0.717) is 29.8 Å². The van der Waals surface area contributed by atoms with E-state index < -0.39 is 0 Å². The molecule has 25 heavy (non-hydrogen) atoms. The Bertz CT molecular complexity index is 813. The van der Waals surface area contributed by atoms with Crippen LogP contribution in [0.2, 0.25) is 5.02 Å². The maximum Gasteiger partial charge on any atom is 0.251 e. The van der Waals surface area contributed by atoms with Gasteiger partial charge in [0.1, 0.15) is 0 Å². The lowest BCUT2D eigenvalue weighted by Gasteiger charge is -2.36. The number of amides is 1.